The minimum atomic E-state index is -0.799. The summed E-state index contributed by atoms with van der Waals surface area (Å²) in [6, 6.07) is 13.6. The molecule has 27 heavy (non-hydrogen) atoms. The zero-order valence-corrected chi connectivity index (χ0v) is 15.4. The standard InChI is InChI=1S/C21H24FN3O2/c1-15-10-12-25(13-11-15)18-8-6-17(7-9-18)24-21(27)20(26)23-14-16-4-2-3-5-19(16)22/h2-9,15H,10-14H2,1H3,(H,23,26)(H,24,27). The van der Waals surface area contributed by atoms with E-state index in [4.69, 9.17) is 0 Å². The van der Waals surface area contributed by atoms with Gasteiger partial charge in [-0.3, -0.25) is 9.59 Å². The van der Waals surface area contributed by atoms with Crippen LogP contribution in [0.2, 0.25) is 0 Å². The Hall–Kier alpha value is -2.89. The molecule has 1 aliphatic rings. The molecule has 1 saturated heterocycles. The molecule has 0 aliphatic carbocycles. The van der Waals surface area contributed by atoms with Crippen molar-refractivity contribution in [3.8, 4) is 0 Å². The van der Waals surface area contributed by atoms with Gasteiger partial charge in [-0.25, -0.2) is 4.39 Å². The second kappa shape index (κ2) is 8.66. The highest BCUT2D eigenvalue weighted by molar-refractivity contribution is 6.39. The molecular formula is C21H24FN3O2. The van der Waals surface area contributed by atoms with Gasteiger partial charge in [-0.15, -0.1) is 0 Å². The van der Waals surface area contributed by atoms with Crippen LogP contribution in [0, 0.1) is 11.7 Å². The van der Waals surface area contributed by atoms with Crippen molar-refractivity contribution in [2.75, 3.05) is 23.3 Å². The average molecular weight is 369 g/mol. The third-order valence-electron chi connectivity index (χ3n) is 4.88. The summed E-state index contributed by atoms with van der Waals surface area (Å²) >= 11 is 0. The number of rotatable bonds is 4. The monoisotopic (exact) mass is 369 g/mol. The molecule has 0 saturated carbocycles. The molecule has 1 aliphatic heterocycles. The minimum Gasteiger partial charge on any atom is -0.372 e. The topological polar surface area (TPSA) is 61.4 Å². The van der Waals surface area contributed by atoms with Crippen molar-refractivity contribution in [2.45, 2.75) is 26.3 Å². The molecule has 3 rings (SSSR count). The molecule has 2 aromatic carbocycles. The summed E-state index contributed by atoms with van der Waals surface area (Å²) in [4.78, 5) is 26.3. The number of halogens is 1. The zero-order chi connectivity index (χ0) is 19.2. The molecule has 0 aromatic heterocycles. The molecule has 0 unspecified atom stereocenters. The van der Waals surface area contributed by atoms with Crippen LogP contribution in [0.15, 0.2) is 48.5 Å². The predicted octanol–water partition coefficient (Wildman–Crippen LogP) is 3.32. The lowest BCUT2D eigenvalue weighted by Gasteiger charge is -2.32. The number of nitrogens with one attached hydrogen (secondary N) is 2. The van der Waals surface area contributed by atoms with Crippen LogP contribution < -0.4 is 15.5 Å². The lowest BCUT2D eigenvalue weighted by molar-refractivity contribution is -0.136. The molecule has 0 radical (unpaired) electrons. The molecular weight excluding hydrogens is 345 g/mol. The van der Waals surface area contributed by atoms with Crippen LogP contribution in [0.1, 0.15) is 25.3 Å². The van der Waals surface area contributed by atoms with Crippen LogP contribution in [0.4, 0.5) is 15.8 Å². The van der Waals surface area contributed by atoms with Crippen molar-refractivity contribution in [1.82, 2.24) is 5.32 Å². The normalized spacial score (nSPS) is 14.7. The van der Waals surface area contributed by atoms with E-state index in [9.17, 15) is 14.0 Å². The molecule has 0 atom stereocenters. The molecule has 2 aromatic rings. The van der Waals surface area contributed by atoms with Gasteiger partial charge < -0.3 is 15.5 Å². The van der Waals surface area contributed by atoms with Crippen molar-refractivity contribution in [3.05, 3.63) is 59.9 Å². The Labute approximate surface area is 158 Å². The minimum absolute atomic E-state index is 0.0365. The fourth-order valence-corrected chi connectivity index (χ4v) is 3.11. The predicted molar refractivity (Wildman–Crippen MR) is 104 cm³/mol. The van der Waals surface area contributed by atoms with Crippen LogP contribution in [0.25, 0.3) is 0 Å². The Balaban J connectivity index is 1.51. The summed E-state index contributed by atoms with van der Waals surface area (Å²) < 4.78 is 13.5. The quantitative estimate of drug-likeness (QED) is 0.813. The molecule has 2 amide bonds. The molecule has 0 spiro atoms. The first-order valence-corrected chi connectivity index (χ1v) is 9.20. The molecule has 2 N–H and O–H groups in total. The number of amides is 2. The highest BCUT2D eigenvalue weighted by Crippen LogP contribution is 2.24. The van der Waals surface area contributed by atoms with Gasteiger partial charge in [-0.2, -0.15) is 0 Å². The SMILES string of the molecule is CC1CCN(c2ccc(NC(=O)C(=O)NCc3ccccc3F)cc2)CC1. The lowest BCUT2D eigenvalue weighted by Crippen LogP contribution is -2.35. The van der Waals surface area contributed by atoms with E-state index >= 15 is 0 Å². The van der Waals surface area contributed by atoms with E-state index in [0.717, 1.165) is 24.7 Å². The summed E-state index contributed by atoms with van der Waals surface area (Å²) in [6.45, 7) is 4.30. The van der Waals surface area contributed by atoms with Gasteiger partial charge in [0.25, 0.3) is 0 Å². The second-order valence-corrected chi connectivity index (χ2v) is 6.94. The van der Waals surface area contributed by atoms with E-state index in [1.807, 2.05) is 12.1 Å². The fraction of sp³-hybridized carbons (Fsp3) is 0.333. The number of piperidine rings is 1. The number of hydrogen-bond donors (Lipinski definition) is 2. The van der Waals surface area contributed by atoms with E-state index < -0.39 is 17.6 Å². The molecule has 6 heteroatoms. The molecule has 0 bridgehead atoms. The Bertz CT molecular complexity index is 799. The van der Waals surface area contributed by atoms with Crippen molar-refractivity contribution >= 4 is 23.2 Å². The van der Waals surface area contributed by atoms with Crippen LogP contribution in [0.5, 0.6) is 0 Å². The molecule has 5 nitrogen and oxygen atoms in total. The van der Waals surface area contributed by atoms with Gasteiger partial charge in [0.1, 0.15) is 5.82 Å². The van der Waals surface area contributed by atoms with Crippen LogP contribution in [-0.2, 0) is 16.1 Å². The maximum Gasteiger partial charge on any atom is 0.313 e. The van der Waals surface area contributed by atoms with E-state index in [-0.39, 0.29) is 6.54 Å². The van der Waals surface area contributed by atoms with Gasteiger partial charge in [0, 0.05) is 36.6 Å². The summed E-state index contributed by atoms with van der Waals surface area (Å²) in [5.41, 5.74) is 2.00. The van der Waals surface area contributed by atoms with Crippen molar-refractivity contribution in [2.24, 2.45) is 5.92 Å². The molecule has 1 heterocycles. The largest absolute Gasteiger partial charge is 0.372 e. The Morgan fingerprint density at radius 2 is 1.70 bits per heavy atom. The fourth-order valence-electron chi connectivity index (χ4n) is 3.11. The second-order valence-electron chi connectivity index (χ2n) is 6.94. The summed E-state index contributed by atoms with van der Waals surface area (Å²) in [5.74, 6) is -1.22. The first-order chi connectivity index (χ1) is 13.0. The third kappa shape index (κ3) is 5.06. The number of anilines is 2. The summed E-state index contributed by atoms with van der Waals surface area (Å²) in [5, 5.41) is 4.99. The van der Waals surface area contributed by atoms with E-state index in [1.54, 1.807) is 30.3 Å². The molecule has 1 fully saturated rings. The third-order valence-corrected chi connectivity index (χ3v) is 4.88. The maximum absolute atomic E-state index is 13.5. The number of carbonyl (C=O) groups excluding carboxylic acids is 2. The number of carbonyl (C=O) groups is 2. The zero-order valence-electron chi connectivity index (χ0n) is 15.4. The first-order valence-electron chi connectivity index (χ1n) is 9.20. The lowest BCUT2D eigenvalue weighted by atomic mass is 9.99. The Morgan fingerprint density at radius 1 is 1.04 bits per heavy atom. The van der Waals surface area contributed by atoms with Crippen LogP contribution in [-0.4, -0.2) is 24.9 Å². The van der Waals surface area contributed by atoms with Crippen molar-refractivity contribution in [3.63, 3.8) is 0 Å². The first kappa shape index (κ1) is 18.9. The van der Waals surface area contributed by atoms with Gasteiger partial charge in [0.15, 0.2) is 0 Å². The van der Waals surface area contributed by atoms with Gasteiger partial charge in [-0.1, -0.05) is 25.1 Å². The van der Waals surface area contributed by atoms with E-state index in [1.165, 1.54) is 18.9 Å². The van der Waals surface area contributed by atoms with E-state index in [0.29, 0.717) is 11.3 Å². The van der Waals surface area contributed by atoms with Crippen LogP contribution >= 0.6 is 0 Å². The summed E-state index contributed by atoms with van der Waals surface area (Å²) in [7, 11) is 0. The summed E-state index contributed by atoms with van der Waals surface area (Å²) in [6.07, 6.45) is 2.36. The highest BCUT2D eigenvalue weighted by atomic mass is 19.1. The average Bonchev–Trinajstić information content (AvgIpc) is 2.68. The van der Waals surface area contributed by atoms with Gasteiger partial charge in [0.05, 0.1) is 0 Å². The molecule has 142 valence electrons. The number of hydrogen-bond acceptors (Lipinski definition) is 3. The maximum atomic E-state index is 13.5. The van der Waals surface area contributed by atoms with Gasteiger partial charge in [-0.05, 0) is 49.1 Å². The smallest absolute Gasteiger partial charge is 0.313 e. The highest BCUT2D eigenvalue weighted by Gasteiger charge is 2.17. The van der Waals surface area contributed by atoms with Crippen LogP contribution in [0.3, 0.4) is 0 Å². The number of nitrogens with zero attached hydrogens (tertiary/aromatic N) is 1. The Kier molecular flexibility index (Phi) is 6.06. The van der Waals surface area contributed by atoms with Gasteiger partial charge >= 0.3 is 11.8 Å². The van der Waals surface area contributed by atoms with E-state index in [2.05, 4.69) is 22.5 Å². The van der Waals surface area contributed by atoms with Gasteiger partial charge in [0.2, 0.25) is 0 Å². The Morgan fingerprint density at radius 3 is 2.37 bits per heavy atom. The van der Waals surface area contributed by atoms with Crippen molar-refractivity contribution in [1.29, 1.82) is 0 Å². The van der Waals surface area contributed by atoms with Crippen molar-refractivity contribution < 1.29 is 14.0 Å². The number of benzene rings is 2.